The molecule has 0 spiro atoms. The summed E-state index contributed by atoms with van der Waals surface area (Å²) in [6.45, 7) is 2.29. The van der Waals surface area contributed by atoms with Crippen molar-refractivity contribution in [2.24, 2.45) is 11.8 Å². The monoisotopic (exact) mass is 327 g/mol. The molecule has 0 aromatic heterocycles. The van der Waals surface area contributed by atoms with E-state index in [1.807, 2.05) is 13.1 Å². The van der Waals surface area contributed by atoms with E-state index >= 15 is 0 Å². The van der Waals surface area contributed by atoms with Crippen LogP contribution in [0.2, 0.25) is 0 Å². The van der Waals surface area contributed by atoms with Crippen LogP contribution < -0.4 is 5.32 Å². The lowest BCUT2D eigenvalue weighted by molar-refractivity contribution is 0.361. The number of benzene rings is 1. The summed E-state index contributed by atoms with van der Waals surface area (Å²) in [5.74, 6) is 1.48. The van der Waals surface area contributed by atoms with Gasteiger partial charge in [-0.3, -0.25) is 0 Å². The maximum absolute atomic E-state index is 13.1. The number of hydrogen-bond donors (Lipinski definition) is 1. The SMILES string of the molecule is CCC1CCC(C(Cc2ccc(F)cc2Br)NC)C1. The van der Waals surface area contributed by atoms with E-state index in [-0.39, 0.29) is 5.82 Å². The molecule has 1 N–H and O–H groups in total. The fourth-order valence-electron chi connectivity index (χ4n) is 3.28. The van der Waals surface area contributed by atoms with Gasteiger partial charge in [-0.25, -0.2) is 4.39 Å². The lowest BCUT2D eigenvalue weighted by Gasteiger charge is -2.24. The summed E-state index contributed by atoms with van der Waals surface area (Å²) in [7, 11) is 2.04. The lowest BCUT2D eigenvalue weighted by atomic mass is 9.91. The van der Waals surface area contributed by atoms with E-state index in [1.54, 1.807) is 12.1 Å². The normalized spacial score (nSPS) is 24.6. The molecule has 1 fully saturated rings. The van der Waals surface area contributed by atoms with E-state index in [1.165, 1.54) is 31.2 Å². The highest BCUT2D eigenvalue weighted by molar-refractivity contribution is 9.10. The average Bonchev–Trinajstić information content (AvgIpc) is 2.86. The minimum absolute atomic E-state index is 0.177. The second-order valence-electron chi connectivity index (χ2n) is 5.68. The summed E-state index contributed by atoms with van der Waals surface area (Å²) in [4.78, 5) is 0. The molecule has 1 aliphatic rings. The highest BCUT2D eigenvalue weighted by atomic mass is 79.9. The van der Waals surface area contributed by atoms with E-state index in [0.717, 1.165) is 22.7 Å². The Morgan fingerprint density at radius 1 is 1.42 bits per heavy atom. The molecular formula is C16H23BrFN. The van der Waals surface area contributed by atoms with Crippen molar-refractivity contribution in [2.75, 3.05) is 7.05 Å². The topological polar surface area (TPSA) is 12.0 Å². The van der Waals surface area contributed by atoms with Crippen molar-refractivity contribution in [3.63, 3.8) is 0 Å². The van der Waals surface area contributed by atoms with Crippen LogP contribution in [0.5, 0.6) is 0 Å². The summed E-state index contributed by atoms with van der Waals surface area (Å²) in [6.07, 6.45) is 6.29. The third-order valence-corrected chi connectivity index (χ3v) is 5.29. The summed E-state index contributed by atoms with van der Waals surface area (Å²) in [5.41, 5.74) is 1.20. The molecule has 1 saturated carbocycles. The van der Waals surface area contributed by atoms with Crippen LogP contribution in [0.25, 0.3) is 0 Å². The second-order valence-corrected chi connectivity index (χ2v) is 6.54. The van der Waals surface area contributed by atoms with Gasteiger partial charge in [0.15, 0.2) is 0 Å². The highest BCUT2D eigenvalue weighted by Crippen LogP contribution is 2.36. The molecule has 3 unspecified atom stereocenters. The first-order valence-corrected chi connectivity index (χ1v) is 8.04. The minimum atomic E-state index is -0.177. The van der Waals surface area contributed by atoms with Gasteiger partial charge in [0.1, 0.15) is 5.82 Å². The smallest absolute Gasteiger partial charge is 0.124 e. The largest absolute Gasteiger partial charge is 0.316 e. The first kappa shape index (κ1) is 15.0. The van der Waals surface area contributed by atoms with Crippen molar-refractivity contribution in [1.29, 1.82) is 0 Å². The van der Waals surface area contributed by atoms with Crippen molar-refractivity contribution in [2.45, 2.75) is 45.1 Å². The molecule has 0 amide bonds. The Morgan fingerprint density at radius 2 is 2.21 bits per heavy atom. The Labute approximate surface area is 124 Å². The number of halogens is 2. The van der Waals surface area contributed by atoms with Crippen molar-refractivity contribution < 1.29 is 4.39 Å². The van der Waals surface area contributed by atoms with Gasteiger partial charge in [0, 0.05) is 10.5 Å². The van der Waals surface area contributed by atoms with Gasteiger partial charge in [0.2, 0.25) is 0 Å². The van der Waals surface area contributed by atoms with Crippen molar-refractivity contribution in [1.82, 2.24) is 5.32 Å². The first-order valence-electron chi connectivity index (χ1n) is 7.25. The molecule has 0 saturated heterocycles. The van der Waals surface area contributed by atoms with E-state index in [4.69, 9.17) is 0 Å². The third kappa shape index (κ3) is 3.79. The number of hydrogen-bond acceptors (Lipinski definition) is 1. The van der Waals surface area contributed by atoms with Crippen molar-refractivity contribution >= 4 is 15.9 Å². The standard InChI is InChI=1S/C16H23BrFN/c1-3-11-4-5-13(8-11)16(19-2)9-12-6-7-14(18)10-15(12)17/h6-7,10-11,13,16,19H,3-5,8-9H2,1-2H3. The zero-order chi connectivity index (χ0) is 13.8. The fraction of sp³-hybridized carbons (Fsp3) is 0.625. The molecule has 0 heterocycles. The number of likely N-dealkylation sites (N-methyl/N-ethyl adjacent to an activating group) is 1. The molecule has 1 nitrogen and oxygen atoms in total. The highest BCUT2D eigenvalue weighted by Gasteiger charge is 2.29. The molecule has 106 valence electrons. The minimum Gasteiger partial charge on any atom is -0.316 e. The Morgan fingerprint density at radius 3 is 2.79 bits per heavy atom. The molecule has 0 bridgehead atoms. The maximum Gasteiger partial charge on any atom is 0.124 e. The van der Waals surface area contributed by atoms with Crippen LogP contribution in [0.1, 0.15) is 38.2 Å². The Bertz CT molecular complexity index is 421. The zero-order valence-electron chi connectivity index (χ0n) is 11.8. The van der Waals surface area contributed by atoms with Crippen LogP contribution >= 0.6 is 15.9 Å². The molecule has 1 aromatic carbocycles. The van der Waals surface area contributed by atoms with Crippen LogP contribution in [-0.2, 0) is 6.42 Å². The van der Waals surface area contributed by atoms with Crippen LogP contribution in [0.3, 0.4) is 0 Å². The summed E-state index contributed by atoms with van der Waals surface area (Å²) in [6, 6.07) is 5.51. The molecule has 2 rings (SSSR count). The summed E-state index contributed by atoms with van der Waals surface area (Å²) in [5, 5.41) is 3.46. The van der Waals surface area contributed by atoms with Gasteiger partial charge in [-0.15, -0.1) is 0 Å². The van der Waals surface area contributed by atoms with Crippen LogP contribution in [0.4, 0.5) is 4.39 Å². The van der Waals surface area contributed by atoms with E-state index < -0.39 is 0 Å². The molecule has 3 heteroatoms. The van der Waals surface area contributed by atoms with Gasteiger partial charge in [-0.2, -0.15) is 0 Å². The third-order valence-electron chi connectivity index (χ3n) is 4.55. The summed E-state index contributed by atoms with van der Waals surface area (Å²) >= 11 is 3.47. The predicted octanol–water partition coefficient (Wildman–Crippen LogP) is 4.55. The Balaban J connectivity index is 2.03. The lowest BCUT2D eigenvalue weighted by Crippen LogP contribution is -2.34. The van der Waals surface area contributed by atoms with Crippen molar-refractivity contribution in [3.05, 3.63) is 34.1 Å². The summed E-state index contributed by atoms with van der Waals surface area (Å²) < 4.78 is 14.0. The van der Waals surface area contributed by atoms with Gasteiger partial charge < -0.3 is 5.32 Å². The fourth-order valence-corrected chi connectivity index (χ4v) is 3.79. The molecule has 1 aromatic rings. The molecular weight excluding hydrogens is 305 g/mol. The molecule has 0 aliphatic heterocycles. The molecule has 19 heavy (non-hydrogen) atoms. The molecule has 1 aliphatic carbocycles. The van der Waals surface area contributed by atoms with E-state index in [0.29, 0.717) is 6.04 Å². The van der Waals surface area contributed by atoms with Gasteiger partial charge in [0.05, 0.1) is 0 Å². The number of rotatable bonds is 5. The predicted molar refractivity (Wildman–Crippen MR) is 81.8 cm³/mol. The maximum atomic E-state index is 13.1. The van der Waals surface area contributed by atoms with Gasteiger partial charge >= 0.3 is 0 Å². The van der Waals surface area contributed by atoms with E-state index in [9.17, 15) is 4.39 Å². The van der Waals surface area contributed by atoms with Crippen molar-refractivity contribution in [3.8, 4) is 0 Å². The zero-order valence-corrected chi connectivity index (χ0v) is 13.3. The molecule has 0 radical (unpaired) electrons. The second kappa shape index (κ2) is 6.85. The molecule has 3 atom stereocenters. The first-order chi connectivity index (χ1) is 9.13. The van der Waals surface area contributed by atoms with Crippen LogP contribution in [0, 0.1) is 17.7 Å². The van der Waals surface area contributed by atoms with E-state index in [2.05, 4.69) is 28.2 Å². The number of nitrogens with one attached hydrogen (secondary N) is 1. The van der Waals surface area contributed by atoms with Gasteiger partial charge in [-0.1, -0.05) is 41.8 Å². The average molecular weight is 328 g/mol. The Hall–Kier alpha value is -0.410. The van der Waals surface area contributed by atoms with Gasteiger partial charge in [-0.05, 0) is 55.8 Å². The van der Waals surface area contributed by atoms with Crippen LogP contribution in [-0.4, -0.2) is 13.1 Å². The quantitative estimate of drug-likeness (QED) is 0.836. The van der Waals surface area contributed by atoms with Gasteiger partial charge in [0.25, 0.3) is 0 Å². The van der Waals surface area contributed by atoms with Crippen LogP contribution in [0.15, 0.2) is 22.7 Å². The Kier molecular flexibility index (Phi) is 5.40.